The maximum Gasteiger partial charge on any atom is 0.237 e. The van der Waals surface area contributed by atoms with Crippen LogP contribution in [0.1, 0.15) is 46.5 Å². The average Bonchev–Trinajstić information content (AvgIpc) is 3.39. The molecule has 0 aromatic rings. The van der Waals surface area contributed by atoms with Crippen molar-refractivity contribution in [1.29, 1.82) is 5.26 Å². The van der Waals surface area contributed by atoms with E-state index in [1.165, 1.54) is 0 Å². The number of hydrogen-bond acceptors (Lipinski definition) is 9. The molecule has 192 valence electrons. The number of rotatable bonds is 7. The molecule has 34 heavy (non-hydrogen) atoms. The highest BCUT2D eigenvalue weighted by Gasteiger charge is 2.62. The van der Waals surface area contributed by atoms with E-state index < -0.39 is 17.7 Å². The number of hydrogen-bond donors (Lipinski definition) is 1. The molecule has 1 amide bonds. The molecule has 0 aromatic heterocycles. The number of carbonyl (C=O) groups excluding carboxylic acids is 1. The van der Waals surface area contributed by atoms with Crippen molar-refractivity contribution in [2.75, 3.05) is 53.6 Å². The zero-order valence-corrected chi connectivity index (χ0v) is 21.2. The fourth-order valence-electron chi connectivity index (χ4n) is 5.76. The van der Waals surface area contributed by atoms with E-state index in [1.54, 1.807) is 19.1 Å². The number of likely N-dealkylation sites (tertiary alicyclic amines) is 2. The molecule has 10 heteroatoms. The van der Waals surface area contributed by atoms with Crippen LogP contribution in [0, 0.1) is 11.3 Å². The summed E-state index contributed by atoms with van der Waals surface area (Å²) in [6.45, 7) is 9.55. The Balaban J connectivity index is 1.34. The van der Waals surface area contributed by atoms with E-state index in [4.69, 9.17) is 23.7 Å². The van der Waals surface area contributed by atoms with Gasteiger partial charge in [0.05, 0.1) is 25.8 Å². The number of ether oxygens (including phenoxy) is 5. The molecule has 5 atom stereocenters. The van der Waals surface area contributed by atoms with E-state index in [-0.39, 0.29) is 36.2 Å². The lowest BCUT2D eigenvalue weighted by atomic mass is 9.88. The van der Waals surface area contributed by atoms with Crippen LogP contribution in [0.5, 0.6) is 0 Å². The molecule has 1 N–H and O–H groups in total. The van der Waals surface area contributed by atoms with Gasteiger partial charge in [-0.15, -0.1) is 0 Å². The highest BCUT2D eigenvalue weighted by molar-refractivity contribution is 5.79. The molecule has 0 radical (unpaired) electrons. The minimum Gasteiger partial charge on any atom is -0.376 e. The van der Waals surface area contributed by atoms with Gasteiger partial charge in [-0.3, -0.25) is 9.69 Å². The van der Waals surface area contributed by atoms with Gasteiger partial charge in [0.15, 0.2) is 5.79 Å². The molecular weight excluding hydrogens is 440 g/mol. The first-order valence-electron chi connectivity index (χ1n) is 12.4. The molecule has 4 aliphatic heterocycles. The maximum absolute atomic E-state index is 12.7. The molecule has 4 heterocycles. The van der Waals surface area contributed by atoms with Crippen LogP contribution in [0.2, 0.25) is 0 Å². The zero-order chi connectivity index (χ0) is 24.6. The number of carbonyl (C=O) groups is 1. The van der Waals surface area contributed by atoms with E-state index in [0.717, 1.165) is 38.8 Å². The Morgan fingerprint density at radius 3 is 2.56 bits per heavy atom. The minimum atomic E-state index is -0.918. The first-order chi connectivity index (χ1) is 16.1. The first-order valence-corrected chi connectivity index (χ1v) is 12.4. The fraction of sp³-hybridized carbons (Fsp3) is 0.917. The summed E-state index contributed by atoms with van der Waals surface area (Å²) in [5.41, 5.74) is -0.138. The van der Waals surface area contributed by atoms with Gasteiger partial charge in [0.1, 0.15) is 24.4 Å². The van der Waals surface area contributed by atoms with Gasteiger partial charge in [0.2, 0.25) is 11.7 Å². The highest BCUT2D eigenvalue weighted by Crippen LogP contribution is 2.44. The maximum atomic E-state index is 12.7. The van der Waals surface area contributed by atoms with Crippen LogP contribution >= 0.6 is 0 Å². The fourth-order valence-corrected chi connectivity index (χ4v) is 5.76. The van der Waals surface area contributed by atoms with Crippen molar-refractivity contribution >= 4 is 5.91 Å². The second kappa shape index (κ2) is 9.97. The van der Waals surface area contributed by atoms with Gasteiger partial charge in [-0.05, 0) is 46.5 Å². The summed E-state index contributed by atoms with van der Waals surface area (Å²) in [6.07, 6.45) is 2.55. The number of amides is 1. The van der Waals surface area contributed by atoms with Crippen molar-refractivity contribution in [1.82, 2.24) is 15.1 Å². The molecule has 4 rings (SSSR count). The van der Waals surface area contributed by atoms with Gasteiger partial charge in [0, 0.05) is 39.4 Å². The summed E-state index contributed by atoms with van der Waals surface area (Å²) in [7, 11) is 3.32. The van der Waals surface area contributed by atoms with E-state index in [9.17, 15) is 10.1 Å². The third kappa shape index (κ3) is 5.12. The Hall–Kier alpha value is -1.32. The summed E-state index contributed by atoms with van der Waals surface area (Å²) in [5, 5.41) is 12.7. The highest BCUT2D eigenvalue weighted by atomic mass is 16.8. The largest absolute Gasteiger partial charge is 0.376 e. The van der Waals surface area contributed by atoms with Gasteiger partial charge in [-0.2, -0.15) is 5.26 Å². The van der Waals surface area contributed by atoms with Crippen molar-refractivity contribution in [3.8, 4) is 6.07 Å². The van der Waals surface area contributed by atoms with Crippen molar-refractivity contribution in [3.05, 3.63) is 0 Å². The Morgan fingerprint density at radius 1 is 1.18 bits per heavy atom. The van der Waals surface area contributed by atoms with Gasteiger partial charge in [-0.25, -0.2) is 0 Å². The average molecular weight is 481 g/mol. The Labute approximate surface area is 202 Å². The smallest absolute Gasteiger partial charge is 0.237 e. The van der Waals surface area contributed by atoms with E-state index in [1.807, 2.05) is 13.8 Å². The molecule has 4 saturated heterocycles. The number of fused-ring (bicyclic) bond motifs is 1. The first kappa shape index (κ1) is 25.8. The predicted octanol–water partition coefficient (Wildman–Crippen LogP) is 0.853. The molecule has 0 saturated carbocycles. The minimum absolute atomic E-state index is 0.0158. The Kier molecular flexibility index (Phi) is 7.56. The third-order valence-corrected chi connectivity index (χ3v) is 7.79. The standard InChI is InChI=1S/C24H40N4O6/c1-22(2)33-21-20(31-5)18(30-4)15-32-24(21,34-22)16-27-11-8-23(3,9-12-27)26-14-19(29)28-10-6-7-17(28)13-25/h17-18,20-21,26H,6-12,14-16H2,1-5H3/t17-,18+,20+,21-,24-/m0/s1. The zero-order valence-electron chi connectivity index (χ0n) is 21.2. The molecule has 0 bridgehead atoms. The molecule has 0 spiro atoms. The van der Waals surface area contributed by atoms with Crippen LogP contribution in [0.4, 0.5) is 0 Å². The number of methoxy groups -OCH3 is 2. The number of piperidine rings is 1. The summed E-state index contributed by atoms with van der Waals surface area (Å²) < 4.78 is 30.2. The van der Waals surface area contributed by atoms with E-state index in [0.29, 0.717) is 19.7 Å². The van der Waals surface area contributed by atoms with Gasteiger partial charge in [-0.1, -0.05) is 0 Å². The van der Waals surface area contributed by atoms with Crippen LogP contribution in [-0.4, -0.2) is 111 Å². The van der Waals surface area contributed by atoms with Crippen LogP contribution < -0.4 is 5.32 Å². The molecule has 0 aromatic carbocycles. The van der Waals surface area contributed by atoms with Crippen molar-refractivity contribution in [3.63, 3.8) is 0 Å². The predicted molar refractivity (Wildman–Crippen MR) is 123 cm³/mol. The molecule has 4 aliphatic rings. The third-order valence-electron chi connectivity index (χ3n) is 7.79. The van der Waals surface area contributed by atoms with E-state index >= 15 is 0 Å². The molecule has 0 aliphatic carbocycles. The van der Waals surface area contributed by atoms with E-state index in [2.05, 4.69) is 23.2 Å². The van der Waals surface area contributed by atoms with Crippen molar-refractivity contribution in [2.45, 2.75) is 87.9 Å². The Bertz CT molecular complexity index is 780. The van der Waals surface area contributed by atoms with Crippen LogP contribution in [0.3, 0.4) is 0 Å². The Morgan fingerprint density at radius 2 is 1.91 bits per heavy atom. The summed E-state index contributed by atoms with van der Waals surface area (Å²) in [5.74, 6) is -1.69. The SMILES string of the molecule is CO[C@@H]1[C@H](OC)CO[C@@]2(CN3CCC(C)(NCC(=O)N4CCC[C@H]4C#N)CC3)OC(C)(C)O[C@@H]12. The molecular formula is C24H40N4O6. The van der Waals surface area contributed by atoms with Crippen LogP contribution in [-0.2, 0) is 28.5 Å². The molecule has 10 nitrogen and oxygen atoms in total. The monoisotopic (exact) mass is 480 g/mol. The van der Waals surface area contributed by atoms with Gasteiger partial charge < -0.3 is 33.9 Å². The lowest BCUT2D eigenvalue weighted by Gasteiger charge is -2.47. The van der Waals surface area contributed by atoms with Crippen molar-refractivity contribution < 1.29 is 28.5 Å². The van der Waals surface area contributed by atoms with Crippen LogP contribution in [0.15, 0.2) is 0 Å². The second-order valence-corrected chi connectivity index (χ2v) is 10.7. The summed E-state index contributed by atoms with van der Waals surface area (Å²) in [6, 6.07) is 1.96. The van der Waals surface area contributed by atoms with Crippen LogP contribution in [0.25, 0.3) is 0 Å². The van der Waals surface area contributed by atoms with Crippen molar-refractivity contribution in [2.24, 2.45) is 0 Å². The number of nitrogens with zero attached hydrogens (tertiary/aromatic N) is 3. The quantitative estimate of drug-likeness (QED) is 0.568. The van der Waals surface area contributed by atoms with Gasteiger partial charge in [0.25, 0.3) is 0 Å². The van der Waals surface area contributed by atoms with Gasteiger partial charge >= 0.3 is 0 Å². The normalized spacial score (nSPS) is 37.4. The second-order valence-electron chi connectivity index (χ2n) is 10.7. The number of nitriles is 1. The summed E-state index contributed by atoms with van der Waals surface area (Å²) >= 11 is 0. The molecule has 4 fully saturated rings. The lowest BCUT2D eigenvalue weighted by molar-refractivity contribution is -0.302. The summed E-state index contributed by atoms with van der Waals surface area (Å²) in [4.78, 5) is 16.7. The topological polar surface area (TPSA) is 106 Å². The lowest BCUT2D eigenvalue weighted by Crippen LogP contribution is -2.65. The number of nitrogens with one attached hydrogen (secondary N) is 1. The molecule has 0 unspecified atom stereocenters.